The lowest BCUT2D eigenvalue weighted by Crippen LogP contribution is -2.15. The summed E-state index contributed by atoms with van der Waals surface area (Å²) in [6.07, 6.45) is 3.87. The van der Waals surface area contributed by atoms with Crippen LogP contribution in [-0.2, 0) is 30.1 Å². The van der Waals surface area contributed by atoms with Crippen LogP contribution in [0.1, 0.15) is 81.0 Å². The number of amides is 1. The van der Waals surface area contributed by atoms with Gasteiger partial charge in [-0.3, -0.25) is 4.79 Å². The van der Waals surface area contributed by atoms with Crippen LogP contribution in [0, 0.1) is 17.2 Å². The maximum Gasteiger partial charge on any atom is 0.235 e. The molecule has 1 aliphatic rings. The Morgan fingerprint density at radius 2 is 2.05 bits per heavy atom. The highest BCUT2D eigenvalue weighted by Crippen LogP contribution is 2.40. The Balaban J connectivity index is 1.36. The van der Waals surface area contributed by atoms with E-state index in [0.29, 0.717) is 27.5 Å². The Kier molecular flexibility index (Phi) is 8.29. The van der Waals surface area contributed by atoms with Gasteiger partial charge in [-0.25, -0.2) is 0 Å². The summed E-state index contributed by atoms with van der Waals surface area (Å²) >= 11 is 2.88. The molecule has 196 valence electrons. The van der Waals surface area contributed by atoms with Crippen molar-refractivity contribution >= 4 is 34.0 Å². The zero-order valence-corrected chi connectivity index (χ0v) is 24.1. The van der Waals surface area contributed by atoms with Crippen LogP contribution >= 0.6 is 23.1 Å². The average Bonchev–Trinajstić information content (AvgIpc) is 3.40. The summed E-state index contributed by atoms with van der Waals surface area (Å²) in [6, 6.07) is 10.5. The van der Waals surface area contributed by atoms with Gasteiger partial charge in [0.15, 0.2) is 17.1 Å². The molecule has 1 amide bonds. The van der Waals surface area contributed by atoms with Crippen molar-refractivity contribution in [3.8, 4) is 11.8 Å². The third-order valence-electron chi connectivity index (χ3n) is 6.91. The van der Waals surface area contributed by atoms with Gasteiger partial charge < -0.3 is 14.6 Å². The largest absolute Gasteiger partial charge is 0.483 e. The lowest BCUT2D eigenvalue weighted by molar-refractivity contribution is -0.113. The Labute approximate surface area is 227 Å². The number of ether oxygens (including phenoxy) is 1. The lowest BCUT2D eigenvalue weighted by Gasteiger charge is -2.20. The van der Waals surface area contributed by atoms with E-state index in [0.717, 1.165) is 37.0 Å². The molecule has 4 rings (SSSR count). The molecule has 9 heteroatoms. The zero-order chi connectivity index (χ0) is 26.7. The third-order valence-corrected chi connectivity index (χ3v) is 9.10. The van der Waals surface area contributed by atoms with Crippen LogP contribution in [0.4, 0.5) is 5.00 Å². The first-order valence-corrected chi connectivity index (χ1v) is 14.5. The van der Waals surface area contributed by atoms with Gasteiger partial charge in [0, 0.05) is 11.9 Å². The molecule has 0 aliphatic heterocycles. The number of carbonyl (C=O) groups excluding carboxylic acids is 1. The van der Waals surface area contributed by atoms with E-state index >= 15 is 0 Å². The summed E-state index contributed by atoms with van der Waals surface area (Å²) in [6.45, 7) is 10.7. The molecule has 2 aromatic heterocycles. The Bertz CT molecular complexity index is 1300. The van der Waals surface area contributed by atoms with Crippen LogP contribution in [0.15, 0.2) is 29.4 Å². The third kappa shape index (κ3) is 6.19. The predicted molar refractivity (Wildman–Crippen MR) is 149 cm³/mol. The van der Waals surface area contributed by atoms with Crippen LogP contribution in [0.3, 0.4) is 0 Å². The van der Waals surface area contributed by atoms with E-state index in [9.17, 15) is 10.1 Å². The number of rotatable bonds is 8. The molecule has 0 bridgehead atoms. The van der Waals surface area contributed by atoms with E-state index < -0.39 is 0 Å². The number of benzene rings is 1. The van der Waals surface area contributed by atoms with Gasteiger partial charge in [-0.15, -0.1) is 21.5 Å². The first-order chi connectivity index (χ1) is 17.6. The van der Waals surface area contributed by atoms with Crippen LogP contribution in [0.5, 0.6) is 5.75 Å². The van der Waals surface area contributed by atoms with Gasteiger partial charge in [0.1, 0.15) is 16.8 Å². The maximum atomic E-state index is 12.8. The van der Waals surface area contributed by atoms with Crippen LogP contribution < -0.4 is 10.1 Å². The number of thiophene rings is 1. The number of hydrogen-bond acceptors (Lipinski definition) is 7. The molecule has 7 nitrogen and oxygen atoms in total. The van der Waals surface area contributed by atoms with Crippen molar-refractivity contribution in [1.29, 1.82) is 5.26 Å². The number of aromatic nitrogens is 3. The second-order valence-electron chi connectivity index (χ2n) is 10.6. The predicted octanol–water partition coefficient (Wildman–Crippen LogP) is 6.43. The quantitative estimate of drug-likeness (QED) is 0.333. The van der Waals surface area contributed by atoms with Crippen molar-refractivity contribution in [2.75, 3.05) is 11.1 Å². The SMILES string of the molecule is CCC1CCc2c(sc(NC(=O)CSc3nnc(C(C)Oc4ccc(C(C)(C)C)cc4)n3C)c2C#N)C1. The van der Waals surface area contributed by atoms with Gasteiger partial charge in [0.2, 0.25) is 5.91 Å². The highest BCUT2D eigenvalue weighted by atomic mass is 32.2. The van der Waals surface area contributed by atoms with Gasteiger partial charge in [0.25, 0.3) is 0 Å². The smallest absolute Gasteiger partial charge is 0.235 e. The highest BCUT2D eigenvalue weighted by molar-refractivity contribution is 7.99. The lowest BCUT2D eigenvalue weighted by atomic mass is 9.86. The first kappa shape index (κ1) is 27.2. The van der Waals surface area contributed by atoms with Gasteiger partial charge in [-0.2, -0.15) is 5.26 Å². The number of carbonyl (C=O) groups is 1. The van der Waals surface area contributed by atoms with E-state index in [1.165, 1.54) is 22.2 Å². The Morgan fingerprint density at radius 3 is 2.70 bits per heavy atom. The first-order valence-electron chi connectivity index (χ1n) is 12.7. The monoisotopic (exact) mass is 537 g/mol. The molecule has 1 aromatic carbocycles. The number of nitrogens with one attached hydrogen (secondary N) is 1. The standard InChI is InChI=1S/C28H35N5O2S2/c1-7-18-8-13-21-22(15-29)26(37-23(21)14-18)30-24(34)16-36-27-32-31-25(33(27)6)17(2)35-20-11-9-19(10-12-20)28(3,4)5/h9-12,17-18H,7-8,13-14,16H2,1-6H3,(H,30,34). The molecule has 0 fully saturated rings. The molecule has 2 unspecified atom stereocenters. The van der Waals surface area contributed by atoms with Crippen LogP contribution in [0.25, 0.3) is 0 Å². The van der Waals surface area contributed by atoms with Crippen LogP contribution in [0.2, 0.25) is 0 Å². The highest BCUT2D eigenvalue weighted by Gasteiger charge is 2.26. The second-order valence-corrected chi connectivity index (χ2v) is 12.7. The van der Waals surface area contributed by atoms with Crippen LogP contribution in [-0.4, -0.2) is 26.4 Å². The molecule has 37 heavy (non-hydrogen) atoms. The molecule has 1 aliphatic carbocycles. The minimum atomic E-state index is -0.302. The molecule has 0 saturated heterocycles. The van der Waals surface area contributed by atoms with E-state index in [1.54, 1.807) is 11.3 Å². The van der Waals surface area contributed by atoms with E-state index in [-0.39, 0.29) is 23.2 Å². The second kappa shape index (κ2) is 11.3. The number of nitriles is 1. The molecule has 0 saturated carbocycles. The summed E-state index contributed by atoms with van der Waals surface area (Å²) in [5.74, 6) is 2.15. The van der Waals surface area contributed by atoms with Crippen molar-refractivity contribution in [2.24, 2.45) is 13.0 Å². The summed E-state index contributed by atoms with van der Waals surface area (Å²) in [5.41, 5.74) is 3.09. The van der Waals surface area contributed by atoms with Crippen molar-refractivity contribution in [2.45, 2.75) is 77.0 Å². The number of nitrogens with zero attached hydrogens (tertiary/aromatic N) is 4. The summed E-state index contributed by atoms with van der Waals surface area (Å²) < 4.78 is 7.97. The molecule has 0 spiro atoms. The zero-order valence-electron chi connectivity index (χ0n) is 22.4. The van der Waals surface area contributed by atoms with Gasteiger partial charge in [-0.1, -0.05) is 58.0 Å². The molecule has 3 aromatic rings. The fraction of sp³-hybridized carbons (Fsp3) is 0.500. The average molecular weight is 538 g/mol. The Morgan fingerprint density at radius 1 is 1.32 bits per heavy atom. The molecule has 2 heterocycles. The minimum Gasteiger partial charge on any atom is -0.483 e. The number of fused-ring (bicyclic) bond motifs is 1. The van der Waals surface area contributed by atoms with E-state index in [4.69, 9.17) is 4.74 Å². The molecular weight excluding hydrogens is 502 g/mol. The van der Waals surface area contributed by atoms with Crippen molar-refractivity contribution < 1.29 is 9.53 Å². The van der Waals surface area contributed by atoms with Gasteiger partial charge in [-0.05, 0) is 60.8 Å². The van der Waals surface area contributed by atoms with Crippen molar-refractivity contribution in [1.82, 2.24) is 14.8 Å². The fourth-order valence-corrected chi connectivity index (χ4v) is 6.64. The summed E-state index contributed by atoms with van der Waals surface area (Å²) in [4.78, 5) is 14.0. The fourth-order valence-electron chi connectivity index (χ4n) is 4.60. The summed E-state index contributed by atoms with van der Waals surface area (Å²) in [5, 5.41) is 22.6. The molecule has 1 N–H and O–H groups in total. The van der Waals surface area contributed by atoms with Crippen molar-refractivity contribution in [3.63, 3.8) is 0 Å². The van der Waals surface area contributed by atoms with E-state index in [2.05, 4.69) is 61.4 Å². The molecule has 0 radical (unpaired) electrons. The van der Waals surface area contributed by atoms with Gasteiger partial charge in [0.05, 0.1) is 11.3 Å². The number of thioether (sulfide) groups is 1. The number of anilines is 1. The summed E-state index contributed by atoms with van der Waals surface area (Å²) in [7, 11) is 1.88. The minimum absolute atomic E-state index is 0.0866. The Hall–Kier alpha value is -2.83. The normalized spacial score (nSPS) is 16.1. The number of hydrogen-bond donors (Lipinski definition) is 1. The van der Waals surface area contributed by atoms with Crippen molar-refractivity contribution in [3.05, 3.63) is 51.7 Å². The molecule has 2 atom stereocenters. The maximum absolute atomic E-state index is 12.8. The molecular formula is C28H35N5O2S2. The van der Waals surface area contributed by atoms with E-state index in [1.807, 2.05) is 30.7 Å². The topological polar surface area (TPSA) is 92.8 Å². The van der Waals surface area contributed by atoms with Gasteiger partial charge >= 0.3 is 0 Å².